The number of nitrogens with zero attached hydrogens (tertiary/aromatic N) is 2. The van der Waals surface area contributed by atoms with Crippen LogP contribution in [-0.2, 0) is 24.8 Å². The van der Waals surface area contributed by atoms with Crippen molar-refractivity contribution in [1.82, 2.24) is 9.78 Å². The summed E-state index contributed by atoms with van der Waals surface area (Å²) in [7, 11) is 3.44. The highest BCUT2D eigenvalue weighted by Crippen LogP contribution is 2.22. The molecule has 3 rings (SSSR count). The molecule has 0 saturated carbocycles. The number of amides is 1. The van der Waals surface area contributed by atoms with Crippen LogP contribution in [0.3, 0.4) is 0 Å². The van der Waals surface area contributed by atoms with Gasteiger partial charge in [-0.2, -0.15) is 5.10 Å². The smallest absolute Gasteiger partial charge is 0.276 e. The van der Waals surface area contributed by atoms with Crippen LogP contribution in [0.5, 0.6) is 5.75 Å². The van der Waals surface area contributed by atoms with Crippen molar-refractivity contribution < 1.29 is 14.3 Å². The molecule has 0 bridgehead atoms. The van der Waals surface area contributed by atoms with Gasteiger partial charge in [-0.3, -0.25) is 9.48 Å². The predicted molar refractivity (Wildman–Crippen MR) is 77.5 cm³/mol. The van der Waals surface area contributed by atoms with Crippen LogP contribution >= 0.6 is 0 Å². The molecule has 0 spiro atoms. The van der Waals surface area contributed by atoms with Crippen molar-refractivity contribution in [1.29, 1.82) is 0 Å². The van der Waals surface area contributed by atoms with Crippen molar-refractivity contribution in [2.75, 3.05) is 19.0 Å². The topological polar surface area (TPSA) is 65.4 Å². The zero-order chi connectivity index (χ0) is 14.8. The fourth-order valence-electron chi connectivity index (χ4n) is 2.48. The third-order valence-corrected chi connectivity index (χ3v) is 3.55. The molecule has 1 aliphatic heterocycles. The Hall–Kier alpha value is -2.34. The lowest BCUT2D eigenvalue weighted by atomic mass is 10.1. The van der Waals surface area contributed by atoms with E-state index >= 15 is 0 Å². The molecule has 0 aliphatic carbocycles. The number of carbonyl (C=O) groups is 1. The summed E-state index contributed by atoms with van der Waals surface area (Å²) in [5, 5.41) is 7.17. The SMILES string of the molecule is COc1cccc(NC(=O)c2nn(C)c3c2COCC3)c1. The van der Waals surface area contributed by atoms with Crippen LogP contribution in [0.4, 0.5) is 5.69 Å². The summed E-state index contributed by atoms with van der Waals surface area (Å²) in [6.07, 6.45) is 0.783. The van der Waals surface area contributed by atoms with E-state index in [2.05, 4.69) is 10.4 Å². The Labute approximate surface area is 122 Å². The molecule has 0 fully saturated rings. The highest BCUT2D eigenvalue weighted by Gasteiger charge is 2.24. The first-order valence-corrected chi connectivity index (χ1v) is 6.77. The van der Waals surface area contributed by atoms with Crippen LogP contribution in [-0.4, -0.2) is 29.4 Å². The summed E-state index contributed by atoms with van der Waals surface area (Å²) in [6.45, 7) is 1.10. The number of ether oxygens (including phenoxy) is 2. The molecule has 0 atom stereocenters. The second-order valence-electron chi connectivity index (χ2n) is 4.89. The summed E-state index contributed by atoms with van der Waals surface area (Å²) < 4.78 is 12.3. The van der Waals surface area contributed by atoms with Crippen molar-refractivity contribution in [2.45, 2.75) is 13.0 Å². The van der Waals surface area contributed by atoms with Gasteiger partial charge in [0, 0.05) is 36.5 Å². The normalized spacial score (nSPS) is 13.6. The van der Waals surface area contributed by atoms with Gasteiger partial charge in [-0.25, -0.2) is 0 Å². The molecular weight excluding hydrogens is 270 g/mol. The van der Waals surface area contributed by atoms with Crippen molar-refractivity contribution in [3.63, 3.8) is 0 Å². The highest BCUT2D eigenvalue weighted by atomic mass is 16.5. The first kappa shape index (κ1) is 13.6. The maximum absolute atomic E-state index is 12.4. The number of hydrogen-bond donors (Lipinski definition) is 1. The van der Waals surface area contributed by atoms with Crippen LogP contribution in [0.1, 0.15) is 21.7 Å². The molecule has 1 aromatic heterocycles. The van der Waals surface area contributed by atoms with Crippen LogP contribution in [0, 0.1) is 0 Å². The third kappa shape index (κ3) is 2.62. The van der Waals surface area contributed by atoms with E-state index in [1.807, 2.05) is 25.2 Å². The number of rotatable bonds is 3. The molecule has 2 aromatic rings. The van der Waals surface area contributed by atoms with Crippen LogP contribution in [0.15, 0.2) is 24.3 Å². The molecule has 0 saturated heterocycles. The van der Waals surface area contributed by atoms with E-state index in [0.29, 0.717) is 30.3 Å². The Morgan fingerprint density at radius 1 is 1.48 bits per heavy atom. The number of anilines is 1. The second-order valence-corrected chi connectivity index (χ2v) is 4.89. The van der Waals surface area contributed by atoms with Gasteiger partial charge in [-0.05, 0) is 12.1 Å². The van der Waals surface area contributed by atoms with Gasteiger partial charge in [0.1, 0.15) is 5.75 Å². The van der Waals surface area contributed by atoms with E-state index in [0.717, 1.165) is 17.7 Å². The molecule has 0 unspecified atom stereocenters. The Balaban J connectivity index is 1.85. The van der Waals surface area contributed by atoms with Crippen LogP contribution in [0.25, 0.3) is 0 Å². The van der Waals surface area contributed by atoms with E-state index in [-0.39, 0.29) is 5.91 Å². The molecule has 1 aromatic carbocycles. The van der Waals surface area contributed by atoms with Gasteiger partial charge in [-0.15, -0.1) is 0 Å². The fraction of sp³-hybridized carbons (Fsp3) is 0.333. The predicted octanol–water partition coefficient (Wildman–Crippen LogP) is 1.75. The Kier molecular flexibility index (Phi) is 3.62. The number of hydrogen-bond acceptors (Lipinski definition) is 4. The number of fused-ring (bicyclic) bond motifs is 1. The van der Waals surface area contributed by atoms with E-state index in [1.54, 1.807) is 17.9 Å². The van der Waals surface area contributed by atoms with Crippen molar-refractivity contribution in [2.24, 2.45) is 7.05 Å². The Morgan fingerprint density at radius 2 is 2.33 bits per heavy atom. The summed E-state index contributed by atoms with van der Waals surface area (Å²) in [5.41, 5.74) is 3.05. The van der Waals surface area contributed by atoms with Gasteiger partial charge < -0.3 is 14.8 Å². The summed E-state index contributed by atoms with van der Waals surface area (Å²) in [4.78, 5) is 12.4. The van der Waals surface area contributed by atoms with E-state index in [9.17, 15) is 4.79 Å². The quantitative estimate of drug-likeness (QED) is 0.934. The lowest BCUT2D eigenvalue weighted by Gasteiger charge is -2.13. The average molecular weight is 287 g/mol. The molecule has 1 aliphatic rings. The fourth-order valence-corrected chi connectivity index (χ4v) is 2.48. The number of methoxy groups -OCH3 is 1. The average Bonchev–Trinajstić information content (AvgIpc) is 2.85. The Morgan fingerprint density at radius 3 is 3.14 bits per heavy atom. The van der Waals surface area contributed by atoms with Gasteiger partial charge in [0.05, 0.1) is 20.3 Å². The standard InChI is InChI=1S/C15H17N3O3/c1-18-13-6-7-21-9-12(13)14(17-18)15(19)16-10-4-3-5-11(8-10)20-2/h3-5,8H,6-7,9H2,1-2H3,(H,16,19). The zero-order valence-electron chi connectivity index (χ0n) is 12.0. The lowest BCUT2D eigenvalue weighted by molar-refractivity contribution is 0.0984. The molecule has 1 N–H and O–H groups in total. The Bertz CT molecular complexity index is 679. The molecule has 2 heterocycles. The van der Waals surface area contributed by atoms with Gasteiger partial charge in [0.2, 0.25) is 0 Å². The second kappa shape index (κ2) is 5.57. The van der Waals surface area contributed by atoms with Crippen LogP contribution in [0.2, 0.25) is 0 Å². The molecule has 21 heavy (non-hydrogen) atoms. The molecule has 1 amide bonds. The third-order valence-electron chi connectivity index (χ3n) is 3.55. The van der Waals surface area contributed by atoms with E-state index in [1.165, 1.54) is 0 Å². The largest absolute Gasteiger partial charge is 0.497 e. The van der Waals surface area contributed by atoms with Gasteiger partial charge in [0.25, 0.3) is 5.91 Å². The van der Waals surface area contributed by atoms with Crippen molar-refractivity contribution in [3.8, 4) is 5.75 Å². The minimum absolute atomic E-state index is 0.231. The van der Waals surface area contributed by atoms with E-state index in [4.69, 9.17) is 9.47 Å². The number of aryl methyl sites for hydroxylation is 1. The van der Waals surface area contributed by atoms with Gasteiger partial charge in [-0.1, -0.05) is 6.07 Å². The molecule has 6 heteroatoms. The molecule has 0 radical (unpaired) electrons. The van der Waals surface area contributed by atoms with Gasteiger partial charge >= 0.3 is 0 Å². The maximum atomic E-state index is 12.4. The minimum atomic E-state index is -0.231. The van der Waals surface area contributed by atoms with Crippen molar-refractivity contribution in [3.05, 3.63) is 41.2 Å². The monoisotopic (exact) mass is 287 g/mol. The first-order chi connectivity index (χ1) is 10.2. The highest BCUT2D eigenvalue weighted by molar-refractivity contribution is 6.04. The number of nitrogens with one attached hydrogen (secondary N) is 1. The number of benzene rings is 1. The zero-order valence-corrected chi connectivity index (χ0v) is 12.0. The lowest BCUT2D eigenvalue weighted by Crippen LogP contribution is -2.17. The first-order valence-electron chi connectivity index (χ1n) is 6.77. The maximum Gasteiger partial charge on any atom is 0.276 e. The molecular formula is C15H17N3O3. The number of aromatic nitrogens is 2. The summed E-state index contributed by atoms with van der Waals surface area (Å²) in [6, 6.07) is 7.23. The number of carbonyl (C=O) groups excluding carboxylic acids is 1. The molecule has 6 nitrogen and oxygen atoms in total. The van der Waals surface area contributed by atoms with E-state index < -0.39 is 0 Å². The summed E-state index contributed by atoms with van der Waals surface area (Å²) in [5.74, 6) is 0.463. The van der Waals surface area contributed by atoms with Crippen LogP contribution < -0.4 is 10.1 Å². The summed E-state index contributed by atoms with van der Waals surface area (Å²) >= 11 is 0. The molecule has 110 valence electrons. The minimum Gasteiger partial charge on any atom is -0.497 e. The van der Waals surface area contributed by atoms with Crippen molar-refractivity contribution >= 4 is 11.6 Å². The van der Waals surface area contributed by atoms with Gasteiger partial charge in [0.15, 0.2) is 5.69 Å².